The third kappa shape index (κ3) is 3.83. The van der Waals surface area contributed by atoms with Crippen molar-refractivity contribution >= 4 is 27.4 Å². The fourth-order valence-corrected chi connectivity index (χ4v) is 2.35. The Kier molecular flexibility index (Phi) is 5.36. The van der Waals surface area contributed by atoms with Crippen molar-refractivity contribution in [2.75, 3.05) is 26.1 Å². The number of carbonyl (C=O) groups is 1. The molecule has 0 unspecified atom stereocenters. The van der Waals surface area contributed by atoms with Crippen LogP contribution in [-0.2, 0) is 4.74 Å². The number of hydrogen-bond donors (Lipinski definition) is 1. The van der Waals surface area contributed by atoms with E-state index < -0.39 is 0 Å². The number of ether oxygens (including phenoxy) is 2. The van der Waals surface area contributed by atoms with Crippen molar-refractivity contribution in [2.45, 2.75) is 0 Å². The average molecular weight is 350 g/mol. The molecule has 2 N–H and O–H groups in total. The van der Waals surface area contributed by atoms with Gasteiger partial charge in [-0.25, -0.2) is 0 Å². The first-order valence-electron chi connectivity index (χ1n) is 6.44. The van der Waals surface area contributed by atoms with Crippen LogP contribution < -0.4 is 10.5 Å². The number of nitrogens with two attached hydrogens (primary N) is 1. The van der Waals surface area contributed by atoms with Crippen molar-refractivity contribution in [1.82, 2.24) is 0 Å². The number of rotatable bonds is 6. The number of hydrogen-bond acceptors (Lipinski definition) is 4. The molecule has 0 radical (unpaired) electrons. The Morgan fingerprint density at radius 2 is 1.95 bits per heavy atom. The lowest BCUT2D eigenvalue weighted by atomic mass is 10.0. The minimum Gasteiger partial charge on any atom is -0.490 e. The second-order valence-electron chi connectivity index (χ2n) is 4.40. The molecule has 5 heteroatoms. The number of halogens is 1. The van der Waals surface area contributed by atoms with E-state index in [0.717, 1.165) is 4.47 Å². The van der Waals surface area contributed by atoms with Gasteiger partial charge in [0.1, 0.15) is 12.4 Å². The van der Waals surface area contributed by atoms with Gasteiger partial charge >= 0.3 is 0 Å². The van der Waals surface area contributed by atoms with Crippen LogP contribution in [0.3, 0.4) is 0 Å². The van der Waals surface area contributed by atoms with Crippen molar-refractivity contribution in [1.29, 1.82) is 0 Å². The molecule has 0 heterocycles. The Labute approximate surface area is 132 Å². The maximum atomic E-state index is 12.4. The number of anilines is 1. The lowest BCUT2D eigenvalue weighted by Crippen LogP contribution is -2.07. The zero-order chi connectivity index (χ0) is 15.2. The monoisotopic (exact) mass is 349 g/mol. The van der Waals surface area contributed by atoms with Crippen molar-refractivity contribution in [3.05, 3.63) is 58.1 Å². The van der Waals surface area contributed by atoms with E-state index in [2.05, 4.69) is 15.9 Å². The summed E-state index contributed by atoms with van der Waals surface area (Å²) in [6.07, 6.45) is 0. The molecule has 0 spiro atoms. The predicted molar refractivity (Wildman–Crippen MR) is 85.8 cm³/mol. The molecular formula is C16H16BrNO3. The van der Waals surface area contributed by atoms with Gasteiger partial charge in [0.25, 0.3) is 0 Å². The van der Waals surface area contributed by atoms with E-state index in [4.69, 9.17) is 15.2 Å². The first kappa shape index (κ1) is 15.5. The van der Waals surface area contributed by atoms with Gasteiger partial charge in [-0.1, -0.05) is 12.1 Å². The second kappa shape index (κ2) is 7.24. The molecule has 2 aromatic carbocycles. The lowest BCUT2D eigenvalue weighted by Gasteiger charge is -2.10. The van der Waals surface area contributed by atoms with Crippen LogP contribution in [0.5, 0.6) is 5.75 Å². The van der Waals surface area contributed by atoms with E-state index in [1.54, 1.807) is 49.6 Å². The van der Waals surface area contributed by atoms with Crippen LogP contribution in [0.25, 0.3) is 0 Å². The Hall–Kier alpha value is -1.85. The third-order valence-electron chi connectivity index (χ3n) is 2.94. The Morgan fingerprint density at radius 3 is 2.62 bits per heavy atom. The van der Waals surface area contributed by atoms with Gasteiger partial charge in [0, 0.05) is 23.9 Å². The third-order valence-corrected chi connectivity index (χ3v) is 3.56. The summed E-state index contributed by atoms with van der Waals surface area (Å²) in [5.41, 5.74) is 7.36. The Bertz CT molecular complexity index is 643. The van der Waals surface area contributed by atoms with Gasteiger partial charge < -0.3 is 15.2 Å². The summed E-state index contributed by atoms with van der Waals surface area (Å²) in [7, 11) is 1.62. The van der Waals surface area contributed by atoms with Crippen molar-refractivity contribution in [3.63, 3.8) is 0 Å². The van der Waals surface area contributed by atoms with E-state index in [1.807, 2.05) is 0 Å². The molecule has 4 nitrogen and oxygen atoms in total. The average Bonchev–Trinajstić information content (AvgIpc) is 2.49. The van der Waals surface area contributed by atoms with E-state index in [9.17, 15) is 4.79 Å². The standard InChI is InChI=1S/C16H16BrNO3/c1-20-8-9-21-15-7-6-11(10-13(15)17)16(19)12-4-2-3-5-14(12)18/h2-7,10H,8-9,18H2,1H3. The van der Waals surface area contributed by atoms with Gasteiger partial charge in [-0.05, 0) is 46.3 Å². The summed E-state index contributed by atoms with van der Waals surface area (Å²) < 4.78 is 11.2. The topological polar surface area (TPSA) is 61.5 Å². The molecule has 0 atom stereocenters. The Morgan fingerprint density at radius 1 is 1.19 bits per heavy atom. The summed E-state index contributed by atoms with van der Waals surface area (Å²) in [6.45, 7) is 0.960. The smallest absolute Gasteiger partial charge is 0.195 e. The maximum absolute atomic E-state index is 12.4. The summed E-state index contributed by atoms with van der Waals surface area (Å²) in [5, 5.41) is 0. The minimum atomic E-state index is -0.114. The van der Waals surface area contributed by atoms with Gasteiger partial charge in [-0.3, -0.25) is 4.79 Å². The molecule has 0 aliphatic carbocycles. The largest absolute Gasteiger partial charge is 0.490 e. The molecule has 0 aliphatic heterocycles. The highest BCUT2D eigenvalue weighted by atomic mass is 79.9. The van der Waals surface area contributed by atoms with Crippen molar-refractivity contribution in [3.8, 4) is 5.75 Å². The first-order valence-corrected chi connectivity index (χ1v) is 7.23. The van der Waals surface area contributed by atoms with E-state index >= 15 is 0 Å². The van der Waals surface area contributed by atoms with Crippen LogP contribution in [0.15, 0.2) is 46.9 Å². The molecule has 2 rings (SSSR count). The van der Waals surface area contributed by atoms with Crippen molar-refractivity contribution in [2.24, 2.45) is 0 Å². The molecule has 0 aromatic heterocycles. The van der Waals surface area contributed by atoms with Gasteiger partial charge in [0.2, 0.25) is 0 Å². The second-order valence-corrected chi connectivity index (χ2v) is 5.26. The van der Waals surface area contributed by atoms with Crippen LogP contribution in [-0.4, -0.2) is 26.1 Å². The molecule has 2 aromatic rings. The number of ketones is 1. The fraction of sp³-hybridized carbons (Fsp3) is 0.188. The number of methoxy groups -OCH3 is 1. The number of benzene rings is 2. The van der Waals surface area contributed by atoms with Crippen LogP contribution in [0, 0.1) is 0 Å². The summed E-state index contributed by atoms with van der Waals surface area (Å²) in [6, 6.07) is 12.2. The molecule has 110 valence electrons. The molecule has 0 bridgehead atoms. The highest BCUT2D eigenvalue weighted by Crippen LogP contribution is 2.27. The summed E-state index contributed by atoms with van der Waals surface area (Å²) >= 11 is 3.41. The first-order chi connectivity index (χ1) is 10.1. The summed E-state index contributed by atoms with van der Waals surface area (Å²) in [5.74, 6) is 0.557. The summed E-state index contributed by atoms with van der Waals surface area (Å²) in [4.78, 5) is 12.4. The molecular weight excluding hydrogens is 334 g/mol. The van der Waals surface area contributed by atoms with E-state index in [-0.39, 0.29) is 5.78 Å². The molecule has 0 amide bonds. The van der Waals surface area contributed by atoms with Crippen molar-refractivity contribution < 1.29 is 14.3 Å². The highest BCUT2D eigenvalue weighted by Gasteiger charge is 2.13. The van der Waals surface area contributed by atoms with Gasteiger partial charge in [0.15, 0.2) is 5.78 Å². The van der Waals surface area contributed by atoms with E-state index in [0.29, 0.717) is 35.8 Å². The quantitative estimate of drug-likeness (QED) is 0.493. The van der Waals surface area contributed by atoms with E-state index in [1.165, 1.54) is 0 Å². The zero-order valence-corrected chi connectivity index (χ0v) is 13.2. The van der Waals surface area contributed by atoms with Gasteiger partial charge in [0.05, 0.1) is 11.1 Å². The molecule has 21 heavy (non-hydrogen) atoms. The van der Waals surface area contributed by atoms with Crippen LogP contribution in [0.4, 0.5) is 5.69 Å². The van der Waals surface area contributed by atoms with Crippen LogP contribution in [0.2, 0.25) is 0 Å². The van der Waals surface area contributed by atoms with Crippen LogP contribution in [0.1, 0.15) is 15.9 Å². The fourth-order valence-electron chi connectivity index (χ4n) is 1.85. The minimum absolute atomic E-state index is 0.114. The van der Waals surface area contributed by atoms with Gasteiger partial charge in [-0.15, -0.1) is 0 Å². The number of para-hydroxylation sites is 1. The molecule has 0 saturated carbocycles. The lowest BCUT2D eigenvalue weighted by molar-refractivity contribution is 0.103. The molecule has 0 saturated heterocycles. The zero-order valence-electron chi connectivity index (χ0n) is 11.6. The number of carbonyl (C=O) groups excluding carboxylic acids is 1. The molecule has 0 aliphatic rings. The van der Waals surface area contributed by atoms with Crippen LogP contribution >= 0.6 is 15.9 Å². The number of nitrogen functional groups attached to an aromatic ring is 1. The maximum Gasteiger partial charge on any atom is 0.195 e. The predicted octanol–water partition coefficient (Wildman–Crippen LogP) is 3.29. The highest BCUT2D eigenvalue weighted by molar-refractivity contribution is 9.10. The van der Waals surface area contributed by atoms with Gasteiger partial charge in [-0.2, -0.15) is 0 Å². The Balaban J connectivity index is 2.20. The normalized spacial score (nSPS) is 10.4. The molecule has 0 fully saturated rings. The SMILES string of the molecule is COCCOc1ccc(C(=O)c2ccccc2N)cc1Br.